The van der Waals surface area contributed by atoms with Crippen molar-refractivity contribution in [2.75, 3.05) is 26.8 Å². The van der Waals surface area contributed by atoms with Crippen molar-refractivity contribution in [1.82, 2.24) is 4.90 Å². The highest BCUT2D eigenvalue weighted by atomic mass is 16.5. The van der Waals surface area contributed by atoms with Crippen molar-refractivity contribution in [2.45, 2.75) is 26.3 Å². The van der Waals surface area contributed by atoms with Crippen molar-refractivity contribution >= 4 is 5.97 Å². The second-order valence-electron chi connectivity index (χ2n) is 4.65. The molecule has 5 nitrogen and oxygen atoms in total. The number of hydrogen-bond acceptors (Lipinski definition) is 4. The van der Waals surface area contributed by atoms with Crippen LogP contribution in [0.3, 0.4) is 0 Å². The van der Waals surface area contributed by atoms with E-state index in [0.717, 1.165) is 17.9 Å². The molecule has 0 saturated carbocycles. The van der Waals surface area contributed by atoms with Crippen LogP contribution in [-0.4, -0.2) is 48.8 Å². The maximum atomic E-state index is 10.8. The molecule has 0 radical (unpaired) electrons. The van der Waals surface area contributed by atoms with Gasteiger partial charge in [0, 0.05) is 12.6 Å². The topological polar surface area (TPSA) is 59.0 Å². The Kier molecular flexibility index (Phi) is 6.87. The van der Waals surface area contributed by atoms with Gasteiger partial charge in [-0.05, 0) is 37.6 Å². The summed E-state index contributed by atoms with van der Waals surface area (Å²) in [5.41, 5.74) is 0. The van der Waals surface area contributed by atoms with Gasteiger partial charge in [-0.15, -0.1) is 0 Å². The zero-order valence-electron chi connectivity index (χ0n) is 12.3. The zero-order valence-corrected chi connectivity index (χ0v) is 12.3. The van der Waals surface area contributed by atoms with E-state index in [4.69, 9.17) is 14.6 Å². The molecular weight excluding hydrogens is 258 g/mol. The largest absolute Gasteiger partial charge is 0.497 e. The minimum atomic E-state index is -0.810. The summed E-state index contributed by atoms with van der Waals surface area (Å²) in [6.45, 7) is 5.17. The van der Waals surface area contributed by atoms with Crippen molar-refractivity contribution in [3.05, 3.63) is 24.3 Å². The molecule has 1 atom stereocenters. The molecule has 1 aromatic rings. The highest BCUT2D eigenvalue weighted by molar-refractivity contribution is 5.69. The average molecular weight is 281 g/mol. The van der Waals surface area contributed by atoms with Gasteiger partial charge < -0.3 is 14.6 Å². The molecule has 0 aliphatic heterocycles. The molecule has 0 saturated heterocycles. The van der Waals surface area contributed by atoms with E-state index < -0.39 is 5.97 Å². The van der Waals surface area contributed by atoms with Crippen LogP contribution in [0.1, 0.15) is 20.3 Å². The molecular formula is C15H23NO4. The first-order valence-corrected chi connectivity index (χ1v) is 6.79. The van der Waals surface area contributed by atoms with Crippen LogP contribution in [0.5, 0.6) is 11.5 Å². The molecule has 0 spiro atoms. The molecule has 0 heterocycles. The van der Waals surface area contributed by atoms with Gasteiger partial charge in [0.1, 0.15) is 18.1 Å². The Labute approximate surface area is 120 Å². The van der Waals surface area contributed by atoms with Crippen LogP contribution in [0.25, 0.3) is 0 Å². The normalized spacial score (nSPS) is 12.2. The van der Waals surface area contributed by atoms with E-state index in [-0.39, 0.29) is 12.6 Å². The van der Waals surface area contributed by atoms with Crippen molar-refractivity contribution in [3.63, 3.8) is 0 Å². The molecule has 0 aromatic heterocycles. The number of carboxylic acids is 1. The predicted molar refractivity (Wildman–Crippen MR) is 77.5 cm³/mol. The molecule has 5 heteroatoms. The predicted octanol–water partition coefficient (Wildman–Crippen LogP) is 2.26. The van der Waals surface area contributed by atoms with Crippen molar-refractivity contribution in [1.29, 1.82) is 0 Å². The summed E-state index contributed by atoms with van der Waals surface area (Å²) in [7, 11) is 1.62. The second kappa shape index (κ2) is 8.43. The van der Waals surface area contributed by atoms with Crippen molar-refractivity contribution in [2.24, 2.45) is 0 Å². The molecule has 0 amide bonds. The molecule has 1 aromatic carbocycles. The number of nitrogens with zero attached hydrogens (tertiary/aromatic N) is 1. The van der Waals surface area contributed by atoms with Crippen LogP contribution in [0.15, 0.2) is 24.3 Å². The summed E-state index contributed by atoms with van der Waals surface area (Å²) < 4.78 is 10.7. The number of rotatable bonds is 9. The number of hydrogen-bond donors (Lipinski definition) is 1. The van der Waals surface area contributed by atoms with Crippen molar-refractivity contribution in [3.8, 4) is 11.5 Å². The van der Waals surface area contributed by atoms with E-state index in [2.05, 4.69) is 0 Å². The van der Waals surface area contributed by atoms with E-state index in [1.807, 2.05) is 43.0 Å². The Morgan fingerprint density at radius 2 is 1.90 bits per heavy atom. The maximum Gasteiger partial charge on any atom is 0.317 e. The lowest BCUT2D eigenvalue weighted by atomic mass is 10.2. The number of carboxylic acid groups (broad SMARTS) is 1. The number of benzene rings is 1. The molecule has 1 unspecified atom stereocenters. The monoisotopic (exact) mass is 281 g/mol. The summed E-state index contributed by atoms with van der Waals surface area (Å²) in [4.78, 5) is 12.7. The SMILES string of the molecule is CCC(C)N(CCOc1ccc(OC)cc1)CC(=O)O. The Bertz CT molecular complexity index is 405. The standard InChI is InChI=1S/C15H23NO4/c1-4-12(2)16(11-15(17)18)9-10-20-14-7-5-13(19-3)6-8-14/h5-8,12H,4,9-11H2,1-3H3,(H,17,18). The first kappa shape index (κ1) is 16.3. The van der Waals surface area contributed by atoms with Gasteiger partial charge in [0.05, 0.1) is 13.7 Å². The third kappa shape index (κ3) is 5.48. The van der Waals surface area contributed by atoms with Gasteiger partial charge in [-0.1, -0.05) is 6.92 Å². The van der Waals surface area contributed by atoms with Crippen LogP contribution in [-0.2, 0) is 4.79 Å². The quantitative estimate of drug-likeness (QED) is 0.752. The Hall–Kier alpha value is -1.75. The average Bonchev–Trinajstić information content (AvgIpc) is 2.45. The fraction of sp³-hybridized carbons (Fsp3) is 0.533. The first-order chi connectivity index (χ1) is 9.56. The lowest BCUT2D eigenvalue weighted by Gasteiger charge is -2.26. The molecule has 1 rings (SSSR count). The fourth-order valence-electron chi connectivity index (χ4n) is 1.84. The summed E-state index contributed by atoms with van der Waals surface area (Å²) in [5, 5.41) is 8.91. The highest BCUT2D eigenvalue weighted by Gasteiger charge is 2.15. The zero-order chi connectivity index (χ0) is 15.0. The lowest BCUT2D eigenvalue weighted by molar-refractivity contribution is -0.139. The smallest absolute Gasteiger partial charge is 0.317 e. The first-order valence-electron chi connectivity index (χ1n) is 6.79. The summed E-state index contributed by atoms with van der Waals surface area (Å²) in [6.07, 6.45) is 0.913. The number of aliphatic carboxylic acids is 1. The minimum absolute atomic E-state index is 0.0426. The molecule has 112 valence electrons. The molecule has 0 fully saturated rings. The summed E-state index contributed by atoms with van der Waals surface area (Å²) in [5.74, 6) is 0.726. The maximum absolute atomic E-state index is 10.8. The van der Waals surface area contributed by atoms with Gasteiger partial charge in [0.2, 0.25) is 0 Å². The molecule has 20 heavy (non-hydrogen) atoms. The minimum Gasteiger partial charge on any atom is -0.497 e. The van der Waals surface area contributed by atoms with Crippen LogP contribution >= 0.6 is 0 Å². The van der Waals surface area contributed by atoms with Crippen LogP contribution in [0.2, 0.25) is 0 Å². The highest BCUT2D eigenvalue weighted by Crippen LogP contribution is 2.17. The summed E-state index contributed by atoms with van der Waals surface area (Å²) in [6, 6.07) is 7.57. The van der Waals surface area contributed by atoms with E-state index in [1.54, 1.807) is 7.11 Å². The van der Waals surface area contributed by atoms with E-state index in [9.17, 15) is 4.79 Å². The number of carbonyl (C=O) groups is 1. The van der Waals surface area contributed by atoms with Crippen LogP contribution in [0.4, 0.5) is 0 Å². The molecule has 1 N–H and O–H groups in total. The number of ether oxygens (including phenoxy) is 2. The van der Waals surface area contributed by atoms with E-state index >= 15 is 0 Å². The third-order valence-electron chi connectivity index (χ3n) is 3.26. The third-order valence-corrected chi connectivity index (χ3v) is 3.26. The van der Waals surface area contributed by atoms with Gasteiger partial charge in [-0.3, -0.25) is 9.69 Å². The van der Waals surface area contributed by atoms with Crippen LogP contribution in [0, 0.1) is 0 Å². The number of methoxy groups -OCH3 is 1. The Balaban J connectivity index is 2.44. The van der Waals surface area contributed by atoms with E-state index in [1.165, 1.54) is 0 Å². The van der Waals surface area contributed by atoms with Gasteiger partial charge in [-0.2, -0.15) is 0 Å². The van der Waals surface area contributed by atoms with Gasteiger partial charge in [-0.25, -0.2) is 0 Å². The summed E-state index contributed by atoms with van der Waals surface area (Å²) >= 11 is 0. The molecule has 0 aliphatic rings. The second-order valence-corrected chi connectivity index (χ2v) is 4.65. The van der Waals surface area contributed by atoms with Gasteiger partial charge in [0.25, 0.3) is 0 Å². The molecule has 0 aliphatic carbocycles. The van der Waals surface area contributed by atoms with Gasteiger partial charge >= 0.3 is 5.97 Å². The Morgan fingerprint density at radius 1 is 1.30 bits per heavy atom. The van der Waals surface area contributed by atoms with E-state index in [0.29, 0.717) is 13.2 Å². The van der Waals surface area contributed by atoms with Gasteiger partial charge in [0.15, 0.2) is 0 Å². The fourth-order valence-corrected chi connectivity index (χ4v) is 1.84. The lowest BCUT2D eigenvalue weighted by Crippen LogP contribution is -2.39. The molecule has 0 bridgehead atoms. The Morgan fingerprint density at radius 3 is 2.40 bits per heavy atom. The van der Waals surface area contributed by atoms with Crippen molar-refractivity contribution < 1.29 is 19.4 Å². The van der Waals surface area contributed by atoms with Crippen LogP contribution < -0.4 is 9.47 Å².